The fourth-order valence-corrected chi connectivity index (χ4v) is 7.86. The summed E-state index contributed by atoms with van der Waals surface area (Å²) in [5.74, 6) is 1.26. The molecule has 408 valence electrons. The number of nitrogens with one attached hydrogen (secondary N) is 6. The van der Waals surface area contributed by atoms with E-state index < -0.39 is 11.7 Å². The van der Waals surface area contributed by atoms with E-state index in [-0.39, 0.29) is 11.0 Å². The number of aromatic amines is 6. The molecule has 0 atom stereocenters. The topological polar surface area (TPSA) is 204 Å². The molecule has 1 aliphatic rings. The van der Waals surface area contributed by atoms with E-state index in [4.69, 9.17) is 37.4 Å². The lowest BCUT2D eigenvalue weighted by Gasteiger charge is -2.07. The molecule has 0 saturated carbocycles. The molecular weight excluding hydrogens is 1080 g/mol. The third kappa shape index (κ3) is 17.2. The van der Waals surface area contributed by atoms with E-state index in [0.29, 0.717) is 17.9 Å². The van der Waals surface area contributed by atoms with Gasteiger partial charge in [0.25, 0.3) is 0 Å². The maximum absolute atomic E-state index is 12.4. The van der Waals surface area contributed by atoms with Crippen LogP contribution in [0.15, 0.2) is 177 Å². The van der Waals surface area contributed by atoms with Crippen LogP contribution in [0.3, 0.4) is 0 Å². The number of aromatic nitrogens is 11. The predicted octanol–water partition coefficient (Wildman–Crippen LogP) is 15.2. The van der Waals surface area contributed by atoms with Crippen LogP contribution in [0.5, 0.6) is 11.5 Å². The highest BCUT2D eigenvalue weighted by Gasteiger charge is 2.30. The van der Waals surface area contributed by atoms with Crippen molar-refractivity contribution >= 4 is 101 Å². The lowest BCUT2D eigenvalue weighted by Crippen LogP contribution is -2.04. The number of fused-ring (bicyclic) bond motifs is 2. The van der Waals surface area contributed by atoms with Crippen molar-refractivity contribution in [1.82, 2.24) is 56.0 Å². The Balaban J connectivity index is 0.000000133. The molecule has 15 nitrogen and oxygen atoms in total. The Kier molecular flexibility index (Phi) is 20.4. The number of benzene rings is 5. The summed E-state index contributed by atoms with van der Waals surface area (Å²) in [6, 6.07) is 41.7. The number of alkyl halides is 3. The molecule has 5 aromatic carbocycles. The number of para-hydroxylation sites is 1. The zero-order valence-electron chi connectivity index (χ0n) is 43.0. The molecule has 6 N–H and O–H groups in total. The zero-order valence-corrected chi connectivity index (χ0v) is 44.5. The lowest BCUT2D eigenvalue weighted by atomic mass is 10.1. The first-order chi connectivity index (χ1) is 39.5. The summed E-state index contributed by atoms with van der Waals surface area (Å²) in [7, 11) is 1.37. The van der Waals surface area contributed by atoms with Crippen LogP contribution in [0.1, 0.15) is 72.2 Å². The number of halogens is 5. The second-order valence-corrected chi connectivity index (χ2v) is 17.7. The molecule has 12 rings (SSSR count). The number of hydrogen-bond acceptors (Lipinski definition) is 9. The van der Waals surface area contributed by atoms with Crippen molar-refractivity contribution in [3.05, 3.63) is 254 Å². The molecule has 0 amide bonds. The van der Waals surface area contributed by atoms with E-state index in [1.165, 1.54) is 24.1 Å². The van der Waals surface area contributed by atoms with Crippen LogP contribution in [-0.2, 0) is 10.9 Å². The number of carbonyl (C=O) groups excluding carboxylic acids is 1. The summed E-state index contributed by atoms with van der Waals surface area (Å²) < 4.78 is 52.7. The first-order valence-electron chi connectivity index (χ1n) is 24.6. The molecule has 6 aromatic heterocycles. The van der Waals surface area contributed by atoms with Gasteiger partial charge in [-0.05, 0) is 132 Å². The van der Waals surface area contributed by atoms with E-state index in [1.807, 2.05) is 134 Å². The van der Waals surface area contributed by atoms with Gasteiger partial charge in [-0.3, -0.25) is 25.5 Å². The van der Waals surface area contributed by atoms with Crippen LogP contribution >= 0.6 is 23.2 Å². The molecule has 0 saturated heterocycles. The molecule has 0 bridgehead atoms. The number of rotatable bonds is 11. The Hall–Kier alpha value is -10.2. The highest BCUT2D eigenvalue weighted by atomic mass is 35.5. The number of methoxy groups -OCH3 is 1. The Bertz CT molecular complexity index is 3830. The summed E-state index contributed by atoms with van der Waals surface area (Å²) in [4.78, 5) is 14.7. The minimum Gasteiger partial charge on any atom is -0.465 e. The van der Waals surface area contributed by atoms with E-state index >= 15 is 0 Å². The molecule has 0 unspecified atom stereocenters. The fraction of sp³-hybridized carbons (Fsp3) is 0.0492. The van der Waals surface area contributed by atoms with E-state index in [2.05, 4.69) is 80.2 Å². The monoisotopic (exact) mass is 1130 g/mol. The van der Waals surface area contributed by atoms with Gasteiger partial charge in [0.2, 0.25) is 6.79 Å². The van der Waals surface area contributed by atoms with Crippen molar-refractivity contribution in [2.45, 2.75) is 6.18 Å². The van der Waals surface area contributed by atoms with Gasteiger partial charge in [-0.15, -0.1) is 0 Å². The van der Waals surface area contributed by atoms with Crippen molar-refractivity contribution < 1.29 is 32.2 Å². The van der Waals surface area contributed by atoms with E-state index in [1.54, 1.807) is 61.3 Å². The second-order valence-electron chi connectivity index (χ2n) is 16.9. The molecule has 20 heteroatoms. The number of nitrogens with zero attached hydrogens (tertiary/aromatic N) is 5. The van der Waals surface area contributed by atoms with Gasteiger partial charge in [-0.25, -0.2) is 4.79 Å². The van der Waals surface area contributed by atoms with Gasteiger partial charge in [-0.1, -0.05) is 114 Å². The number of H-pyrrole nitrogens is 6. The average Bonchev–Trinajstić information content (AvgIpc) is 4.41. The standard InChI is InChI=1S/C13H11N3.C13H12N2O2.C12H8ClF3N2.C12H10N2O2.C11H9ClN2/c1-2-10(4-5-11-6-9-15-16-11)12-7-8-14-13(12)3-1;1-17-13(16)12-5-3-2-4-10(12)6-7-11-8-9-14-15-11;13-11-7-9(12(14,15)16)3-1-8(11)2-4-10-5-6-17-18-10;1-2-9(4-5-10-6-7-13-14-10)12-11(3-1)15-8-16-12;12-11-4-2-1-3-9(11)5-6-10-7-8-13-14-10/h1-9,14H,(H,15,16);2-9H,1H3,(H,14,15);1-7H,(H,17,18);1-7H,8H2,(H,13,14);1-8H,(H,13,14)/b5-4+;7-6+;4-2+;5-4+;6-5+. The highest BCUT2D eigenvalue weighted by molar-refractivity contribution is 6.32. The number of esters is 1. The Morgan fingerprint density at radius 2 is 0.975 bits per heavy atom. The Morgan fingerprint density at radius 1 is 0.506 bits per heavy atom. The molecule has 1 aliphatic heterocycles. The highest BCUT2D eigenvalue weighted by Crippen LogP contribution is 2.36. The smallest absolute Gasteiger partial charge is 0.416 e. The first-order valence-corrected chi connectivity index (χ1v) is 25.4. The average molecular weight is 1130 g/mol. The minimum atomic E-state index is -4.38. The van der Waals surface area contributed by atoms with Crippen LogP contribution < -0.4 is 9.47 Å². The summed E-state index contributed by atoms with van der Waals surface area (Å²) in [5, 5.41) is 35.4. The van der Waals surface area contributed by atoms with Gasteiger partial charge in [0.15, 0.2) is 11.5 Å². The third-order valence-corrected chi connectivity index (χ3v) is 12.2. The van der Waals surface area contributed by atoms with Crippen molar-refractivity contribution in [3.8, 4) is 11.5 Å². The van der Waals surface area contributed by atoms with Crippen LogP contribution in [0.25, 0.3) is 71.7 Å². The molecule has 0 spiro atoms. The minimum absolute atomic E-state index is 0.0561. The van der Waals surface area contributed by atoms with Crippen molar-refractivity contribution in [3.63, 3.8) is 0 Å². The van der Waals surface area contributed by atoms with Crippen molar-refractivity contribution in [2.24, 2.45) is 0 Å². The van der Waals surface area contributed by atoms with Gasteiger partial charge in [0.05, 0.1) is 46.7 Å². The number of ether oxygens (including phenoxy) is 3. The summed E-state index contributed by atoms with van der Waals surface area (Å²) in [6.45, 7) is 0.296. The second kappa shape index (κ2) is 29.0. The molecule has 11 aromatic rings. The fourth-order valence-electron chi connectivity index (χ4n) is 7.42. The molecular formula is C61H50Cl2F3N11O4. The van der Waals surface area contributed by atoms with Crippen LogP contribution in [-0.4, -0.2) is 75.8 Å². The van der Waals surface area contributed by atoms with Gasteiger partial charge in [0.1, 0.15) is 0 Å². The van der Waals surface area contributed by atoms with Crippen LogP contribution in [0, 0.1) is 0 Å². The predicted molar refractivity (Wildman–Crippen MR) is 314 cm³/mol. The summed E-state index contributed by atoms with van der Waals surface area (Å²) in [6.07, 6.45) is 24.9. The van der Waals surface area contributed by atoms with Crippen LogP contribution in [0.4, 0.5) is 13.2 Å². The maximum atomic E-state index is 12.4. The Morgan fingerprint density at radius 3 is 1.49 bits per heavy atom. The molecule has 81 heavy (non-hydrogen) atoms. The van der Waals surface area contributed by atoms with E-state index in [0.717, 1.165) is 79.3 Å². The Labute approximate surface area is 472 Å². The summed E-state index contributed by atoms with van der Waals surface area (Å²) in [5.41, 5.74) is 10.0. The van der Waals surface area contributed by atoms with Crippen molar-refractivity contribution in [1.29, 1.82) is 0 Å². The normalized spacial score (nSPS) is 11.8. The SMILES string of the molecule is C(=C\c1cccc2[nH]ccc12)/c1ccn[nH]1.C(=C\c1cccc2c1OCO2)/c1ccn[nH]1.COC(=O)c1ccccc1/C=C/c1ccn[nH]1.Clc1ccccc1/C=C/c1ccn[nH]1.FC(F)(F)c1ccc(/C=C/c2ccn[nH]2)c(Cl)c1. The molecule has 7 heterocycles. The van der Waals surface area contributed by atoms with E-state index in [9.17, 15) is 18.0 Å². The van der Waals surface area contributed by atoms with Gasteiger partial charge in [-0.2, -0.15) is 38.7 Å². The first kappa shape index (κ1) is 57.0. The van der Waals surface area contributed by atoms with Gasteiger partial charge >= 0.3 is 12.1 Å². The summed E-state index contributed by atoms with van der Waals surface area (Å²) >= 11 is 11.8. The number of carbonyl (C=O) groups is 1. The zero-order chi connectivity index (χ0) is 56.7. The molecule has 0 aliphatic carbocycles. The molecule has 0 radical (unpaired) electrons. The van der Waals surface area contributed by atoms with Crippen molar-refractivity contribution in [2.75, 3.05) is 13.9 Å². The van der Waals surface area contributed by atoms with Gasteiger partial charge in [0, 0.05) is 63.7 Å². The molecule has 0 fully saturated rings. The maximum Gasteiger partial charge on any atom is 0.416 e. The van der Waals surface area contributed by atoms with Gasteiger partial charge < -0.3 is 19.2 Å². The largest absolute Gasteiger partial charge is 0.465 e. The quantitative estimate of drug-likeness (QED) is 0.0681. The van der Waals surface area contributed by atoms with Crippen LogP contribution in [0.2, 0.25) is 10.0 Å². The third-order valence-electron chi connectivity index (χ3n) is 11.5. The lowest BCUT2D eigenvalue weighted by molar-refractivity contribution is -0.137. The number of hydrogen-bond donors (Lipinski definition) is 6.